The maximum atomic E-state index is 12.7. The Morgan fingerprint density at radius 1 is 1.21 bits per heavy atom. The summed E-state index contributed by atoms with van der Waals surface area (Å²) in [7, 11) is 0. The number of carbonyl (C=O) groups is 1. The lowest BCUT2D eigenvalue weighted by molar-refractivity contribution is 0.142. The third-order valence-electron chi connectivity index (χ3n) is 3.70. The number of aromatic nitrogens is 4. The van der Waals surface area contributed by atoms with Crippen molar-refractivity contribution in [1.82, 2.24) is 24.6 Å². The number of hydrogen-bond donors (Lipinski definition) is 2. The average Bonchev–Trinajstić information content (AvgIpc) is 2.97. The number of nitrogen functional groups attached to an aromatic ring is 1. The normalized spacial score (nSPS) is 15.1. The first-order valence-electron chi connectivity index (χ1n) is 7.14. The molecule has 0 aromatic carbocycles. The summed E-state index contributed by atoms with van der Waals surface area (Å²) in [4.78, 5) is 22.4. The zero-order valence-electron chi connectivity index (χ0n) is 12.5. The first kappa shape index (κ1) is 15.9. The zero-order valence-corrected chi connectivity index (χ0v) is 12.5. The number of nitrogens with zero attached hydrogens (tertiary/aromatic N) is 6. The molecule has 2 aromatic heterocycles. The summed E-state index contributed by atoms with van der Waals surface area (Å²) in [6, 6.07) is 0. The summed E-state index contributed by atoms with van der Waals surface area (Å²) in [6.45, 7) is 1.70. The number of piperazine rings is 1. The molecule has 3 heterocycles. The molecule has 0 unspecified atom stereocenters. The molecule has 0 saturated carbocycles. The highest BCUT2D eigenvalue weighted by Crippen LogP contribution is 2.24. The summed E-state index contributed by atoms with van der Waals surface area (Å²) >= 11 is 0. The Bertz CT molecular complexity index is 726. The van der Waals surface area contributed by atoms with Crippen LogP contribution in [0.1, 0.15) is 12.1 Å². The molecule has 1 saturated heterocycles. The molecule has 0 spiro atoms. The third kappa shape index (κ3) is 3.05. The number of nitrogens with two attached hydrogens (primary N) is 1. The Hall–Kier alpha value is -2.98. The van der Waals surface area contributed by atoms with Crippen LogP contribution in [0.15, 0.2) is 18.6 Å². The number of anilines is 2. The third-order valence-corrected chi connectivity index (χ3v) is 3.70. The smallest absolute Gasteiger partial charge is 0.407 e. The Morgan fingerprint density at radius 3 is 2.33 bits per heavy atom. The largest absolute Gasteiger partial charge is 0.465 e. The van der Waals surface area contributed by atoms with Crippen molar-refractivity contribution in [3.05, 3.63) is 24.3 Å². The fourth-order valence-corrected chi connectivity index (χ4v) is 2.40. The number of amides is 1. The molecule has 2 aromatic rings. The molecule has 1 amide bonds. The van der Waals surface area contributed by atoms with Crippen LogP contribution in [0, 0.1) is 0 Å². The van der Waals surface area contributed by atoms with E-state index in [1.807, 2.05) is 4.90 Å². The van der Waals surface area contributed by atoms with Crippen molar-refractivity contribution >= 4 is 17.7 Å². The van der Waals surface area contributed by atoms with E-state index in [4.69, 9.17) is 10.8 Å². The monoisotopic (exact) mass is 339 g/mol. The van der Waals surface area contributed by atoms with E-state index in [9.17, 15) is 13.6 Å². The molecule has 9 nitrogen and oxygen atoms in total. The van der Waals surface area contributed by atoms with Gasteiger partial charge in [-0.3, -0.25) is 0 Å². The van der Waals surface area contributed by atoms with E-state index in [0.29, 0.717) is 37.8 Å². The van der Waals surface area contributed by atoms with Gasteiger partial charge in [0.2, 0.25) is 5.95 Å². The fraction of sp³-hybridized carbons (Fsp3) is 0.385. The lowest BCUT2D eigenvalue weighted by Gasteiger charge is -2.32. The summed E-state index contributed by atoms with van der Waals surface area (Å²) in [5.41, 5.74) is 5.32. The summed E-state index contributed by atoms with van der Waals surface area (Å²) < 4.78 is 26.6. The van der Waals surface area contributed by atoms with Crippen molar-refractivity contribution in [3.8, 4) is 5.69 Å². The summed E-state index contributed by atoms with van der Waals surface area (Å²) in [5, 5.41) is 12.7. The quantitative estimate of drug-likeness (QED) is 0.857. The standard InChI is InChI=1S/C13H15F2N7O2/c14-11(15)10-9(16)7-22(19-10)8-5-17-12(18-6-8)20-1-3-21(4-2-20)13(23)24/h5-7,11H,1-4,16H2,(H,23,24). The van der Waals surface area contributed by atoms with E-state index >= 15 is 0 Å². The van der Waals surface area contributed by atoms with Crippen molar-refractivity contribution in [2.75, 3.05) is 36.8 Å². The molecule has 3 N–H and O–H groups in total. The van der Waals surface area contributed by atoms with Crippen LogP contribution in [-0.2, 0) is 0 Å². The van der Waals surface area contributed by atoms with Gasteiger partial charge in [0, 0.05) is 26.2 Å². The Labute approximate surface area is 135 Å². The van der Waals surface area contributed by atoms with Gasteiger partial charge in [-0.1, -0.05) is 0 Å². The van der Waals surface area contributed by atoms with Crippen molar-refractivity contribution in [2.24, 2.45) is 0 Å². The highest BCUT2D eigenvalue weighted by Gasteiger charge is 2.22. The molecule has 1 aliphatic heterocycles. The van der Waals surface area contributed by atoms with Gasteiger partial charge in [-0.15, -0.1) is 0 Å². The van der Waals surface area contributed by atoms with E-state index in [1.54, 1.807) is 0 Å². The predicted molar refractivity (Wildman–Crippen MR) is 80.3 cm³/mol. The van der Waals surface area contributed by atoms with E-state index in [-0.39, 0.29) is 5.69 Å². The molecule has 1 aliphatic rings. The van der Waals surface area contributed by atoms with Crippen molar-refractivity contribution in [2.45, 2.75) is 6.43 Å². The van der Waals surface area contributed by atoms with Gasteiger partial charge in [-0.05, 0) is 0 Å². The van der Waals surface area contributed by atoms with Crippen LogP contribution >= 0.6 is 0 Å². The molecule has 128 valence electrons. The molecular formula is C13H15F2N7O2. The van der Waals surface area contributed by atoms with Crippen molar-refractivity contribution in [3.63, 3.8) is 0 Å². The zero-order chi connectivity index (χ0) is 17.3. The minimum absolute atomic E-state index is 0.0983. The fourth-order valence-electron chi connectivity index (χ4n) is 2.40. The first-order valence-corrected chi connectivity index (χ1v) is 7.14. The molecule has 0 bridgehead atoms. The second-order valence-corrected chi connectivity index (χ2v) is 5.21. The van der Waals surface area contributed by atoms with Gasteiger partial charge < -0.3 is 20.6 Å². The number of alkyl halides is 2. The van der Waals surface area contributed by atoms with Crippen molar-refractivity contribution in [1.29, 1.82) is 0 Å². The maximum absolute atomic E-state index is 12.7. The van der Waals surface area contributed by atoms with Crippen LogP contribution in [0.2, 0.25) is 0 Å². The van der Waals surface area contributed by atoms with Gasteiger partial charge in [0.25, 0.3) is 6.43 Å². The van der Waals surface area contributed by atoms with Crippen molar-refractivity contribution < 1.29 is 18.7 Å². The summed E-state index contributed by atoms with van der Waals surface area (Å²) in [6.07, 6.45) is 0.487. The minimum Gasteiger partial charge on any atom is -0.465 e. The van der Waals surface area contributed by atoms with Crippen LogP contribution in [0.3, 0.4) is 0 Å². The second kappa shape index (κ2) is 6.26. The topological polar surface area (TPSA) is 113 Å². The number of hydrogen-bond acceptors (Lipinski definition) is 6. The van der Waals surface area contributed by atoms with Gasteiger partial charge >= 0.3 is 6.09 Å². The van der Waals surface area contributed by atoms with Gasteiger partial charge in [-0.25, -0.2) is 28.2 Å². The highest BCUT2D eigenvalue weighted by molar-refractivity contribution is 5.65. The Balaban J connectivity index is 1.72. The molecule has 0 atom stereocenters. The molecule has 24 heavy (non-hydrogen) atoms. The van der Waals surface area contributed by atoms with Crippen LogP contribution in [0.25, 0.3) is 5.69 Å². The highest BCUT2D eigenvalue weighted by atomic mass is 19.3. The molecule has 11 heteroatoms. The molecular weight excluding hydrogens is 324 g/mol. The Kier molecular flexibility index (Phi) is 4.15. The number of carboxylic acid groups (broad SMARTS) is 1. The molecule has 0 aliphatic carbocycles. The molecule has 0 radical (unpaired) electrons. The van der Waals surface area contributed by atoms with E-state index < -0.39 is 18.2 Å². The van der Waals surface area contributed by atoms with Crippen LogP contribution < -0.4 is 10.6 Å². The predicted octanol–water partition coefficient (Wildman–Crippen LogP) is 0.982. The maximum Gasteiger partial charge on any atom is 0.407 e. The van der Waals surface area contributed by atoms with E-state index in [0.717, 1.165) is 0 Å². The SMILES string of the molecule is Nc1cn(-c2cnc(N3CCN(C(=O)O)CC3)nc2)nc1C(F)F. The average molecular weight is 339 g/mol. The number of halogens is 2. The van der Waals surface area contributed by atoms with Gasteiger partial charge in [-0.2, -0.15) is 5.10 Å². The molecule has 3 rings (SSSR count). The lowest BCUT2D eigenvalue weighted by atomic mass is 10.3. The summed E-state index contributed by atoms with van der Waals surface area (Å²) in [5.74, 6) is 0.443. The van der Waals surface area contributed by atoms with Crippen LogP contribution in [0.5, 0.6) is 0 Å². The van der Waals surface area contributed by atoms with Crippen LogP contribution in [0.4, 0.5) is 25.2 Å². The Morgan fingerprint density at radius 2 is 1.83 bits per heavy atom. The van der Waals surface area contributed by atoms with Gasteiger partial charge in [0.15, 0.2) is 5.69 Å². The van der Waals surface area contributed by atoms with Gasteiger partial charge in [0.1, 0.15) is 5.69 Å². The number of rotatable bonds is 3. The molecule has 1 fully saturated rings. The van der Waals surface area contributed by atoms with E-state index in [1.165, 1.54) is 28.2 Å². The van der Waals surface area contributed by atoms with Gasteiger partial charge in [0.05, 0.1) is 24.3 Å². The lowest BCUT2D eigenvalue weighted by Crippen LogP contribution is -2.48. The first-order chi connectivity index (χ1) is 11.5. The minimum atomic E-state index is -2.75. The van der Waals surface area contributed by atoms with Crippen LogP contribution in [-0.4, -0.2) is 62.0 Å². The van der Waals surface area contributed by atoms with E-state index in [2.05, 4.69) is 15.1 Å². The second-order valence-electron chi connectivity index (χ2n) is 5.21.